The Balaban J connectivity index is 1.73. The smallest absolute Gasteiger partial charge is 0.0517 e. The number of piperidine rings is 1. The summed E-state index contributed by atoms with van der Waals surface area (Å²) in [5, 5.41) is 3.77. The highest BCUT2D eigenvalue weighted by Gasteiger charge is 2.43. The lowest BCUT2D eigenvalue weighted by atomic mass is 9.77. The van der Waals surface area contributed by atoms with Crippen LogP contribution in [0.15, 0.2) is 11.6 Å². The number of allylic oxidation sites excluding steroid dienone is 1. The van der Waals surface area contributed by atoms with Gasteiger partial charge in [0.05, 0.1) is 8.07 Å². The molecule has 0 aromatic rings. The molecule has 114 valence electrons. The maximum Gasteiger partial charge on any atom is 0.0517 e. The van der Waals surface area contributed by atoms with E-state index >= 15 is 0 Å². The van der Waals surface area contributed by atoms with Crippen molar-refractivity contribution in [3.8, 4) is 0 Å². The van der Waals surface area contributed by atoms with Crippen molar-refractivity contribution in [2.75, 3.05) is 6.54 Å². The minimum absolute atomic E-state index is 0.790. The van der Waals surface area contributed by atoms with Crippen LogP contribution in [0.1, 0.15) is 51.4 Å². The SMILES string of the molecule is C[Si](C)(C)C1C=C(CC2CCCCN2)C2CCCCC21. The fourth-order valence-electron chi connectivity index (χ4n) is 5.02. The van der Waals surface area contributed by atoms with Crippen molar-refractivity contribution in [2.45, 2.75) is 82.6 Å². The van der Waals surface area contributed by atoms with Gasteiger partial charge in [-0.1, -0.05) is 50.6 Å². The maximum atomic E-state index is 3.77. The molecule has 3 rings (SSSR count). The van der Waals surface area contributed by atoms with E-state index < -0.39 is 8.07 Å². The highest BCUT2D eigenvalue weighted by molar-refractivity contribution is 6.78. The van der Waals surface area contributed by atoms with Crippen molar-refractivity contribution < 1.29 is 0 Å². The largest absolute Gasteiger partial charge is 0.314 e. The standard InChI is InChI=1S/C18H33NSi/c1-20(2,3)18-13-14(12-15-8-6-7-11-19-15)16-9-4-5-10-17(16)18/h13,15-19H,4-12H2,1-3H3. The van der Waals surface area contributed by atoms with Gasteiger partial charge in [0.2, 0.25) is 0 Å². The van der Waals surface area contributed by atoms with Crippen molar-refractivity contribution in [1.82, 2.24) is 5.32 Å². The molecule has 2 aliphatic carbocycles. The van der Waals surface area contributed by atoms with Gasteiger partial charge in [-0.15, -0.1) is 0 Å². The first-order valence-corrected chi connectivity index (χ1v) is 12.6. The van der Waals surface area contributed by atoms with Crippen LogP contribution in [0.2, 0.25) is 25.2 Å². The summed E-state index contributed by atoms with van der Waals surface area (Å²) < 4.78 is 0. The monoisotopic (exact) mass is 291 g/mol. The Kier molecular flexibility index (Phi) is 4.42. The topological polar surface area (TPSA) is 12.0 Å². The molecule has 1 N–H and O–H groups in total. The Morgan fingerprint density at radius 1 is 1.05 bits per heavy atom. The minimum atomic E-state index is -1.04. The van der Waals surface area contributed by atoms with Crippen molar-refractivity contribution in [2.24, 2.45) is 11.8 Å². The lowest BCUT2D eigenvalue weighted by molar-refractivity contribution is 0.280. The molecule has 0 bridgehead atoms. The molecule has 0 amide bonds. The Labute approximate surface area is 126 Å². The maximum absolute atomic E-state index is 3.77. The molecule has 20 heavy (non-hydrogen) atoms. The second kappa shape index (κ2) is 5.96. The van der Waals surface area contributed by atoms with Crippen LogP contribution < -0.4 is 5.32 Å². The van der Waals surface area contributed by atoms with Crippen LogP contribution in [0.5, 0.6) is 0 Å². The molecular weight excluding hydrogens is 258 g/mol. The average molecular weight is 292 g/mol. The third-order valence-corrected chi connectivity index (χ3v) is 8.64. The van der Waals surface area contributed by atoms with Gasteiger partial charge in [-0.2, -0.15) is 0 Å². The van der Waals surface area contributed by atoms with Crippen LogP contribution in [0.4, 0.5) is 0 Å². The summed E-state index contributed by atoms with van der Waals surface area (Å²) in [6, 6.07) is 0.790. The van der Waals surface area contributed by atoms with Crippen LogP contribution in [-0.2, 0) is 0 Å². The average Bonchev–Trinajstić information content (AvgIpc) is 2.79. The highest BCUT2D eigenvalue weighted by Crippen LogP contribution is 2.53. The zero-order valence-electron chi connectivity index (χ0n) is 13.8. The zero-order valence-corrected chi connectivity index (χ0v) is 14.8. The van der Waals surface area contributed by atoms with Crippen molar-refractivity contribution >= 4 is 8.07 Å². The van der Waals surface area contributed by atoms with Crippen molar-refractivity contribution in [3.63, 3.8) is 0 Å². The fraction of sp³-hybridized carbons (Fsp3) is 0.889. The number of hydrogen-bond acceptors (Lipinski definition) is 1. The first-order valence-electron chi connectivity index (χ1n) is 8.99. The summed E-state index contributed by atoms with van der Waals surface area (Å²) in [5.41, 5.74) is 2.83. The van der Waals surface area contributed by atoms with Gasteiger partial charge in [0.1, 0.15) is 0 Å². The molecular formula is C18H33NSi. The summed E-state index contributed by atoms with van der Waals surface area (Å²) in [7, 11) is -1.04. The second-order valence-corrected chi connectivity index (χ2v) is 13.9. The fourth-order valence-corrected chi connectivity index (χ4v) is 7.42. The quantitative estimate of drug-likeness (QED) is 0.571. The van der Waals surface area contributed by atoms with E-state index in [9.17, 15) is 0 Å². The molecule has 0 aromatic heterocycles. The van der Waals surface area contributed by atoms with Gasteiger partial charge in [0.15, 0.2) is 0 Å². The minimum Gasteiger partial charge on any atom is -0.314 e. The Morgan fingerprint density at radius 3 is 2.50 bits per heavy atom. The third-order valence-electron chi connectivity index (χ3n) is 6.05. The lowest BCUT2D eigenvalue weighted by Gasteiger charge is -2.36. The number of hydrogen-bond donors (Lipinski definition) is 1. The van der Waals surface area contributed by atoms with E-state index in [1.807, 2.05) is 5.57 Å². The summed E-state index contributed by atoms with van der Waals surface area (Å²) in [5.74, 6) is 1.98. The molecule has 3 aliphatic rings. The predicted molar refractivity (Wildman–Crippen MR) is 90.9 cm³/mol. The van der Waals surface area contributed by atoms with Crippen molar-refractivity contribution in [3.05, 3.63) is 11.6 Å². The second-order valence-electron chi connectivity index (χ2n) is 8.54. The number of fused-ring (bicyclic) bond motifs is 1. The highest BCUT2D eigenvalue weighted by atomic mass is 28.3. The molecule has 0 aromatic carbocycles. The van der Waals surface area contributed by atoms with Gasteiger partial charge >= 0.3 is 0 Å². The van der Waals surface area contributed by atoms with Crippen molar-refractivity contribution in [1.29, 1.82) is 0 Å². The molecule has 1 aliphatic heterocycles. The van der Waals surface area contributed by atoms with Gasteiger partial charge in [0, 0.05) is 6.04 Å². The van der Waals surface area contributed by atoms with Gasteiger partial charge in [-0.25, -0.2) is 0 Å². The van der Waals surface area contributed by atoms with Crippen LogP contribution in [0.3, 0.4) is 0 Å². The Hall–Kier alpha value is -0.0831. The number of nitrogens with one attached hydrogen (secondary N) is 1. The van der Waals surface area contributed by atoms with E-state index in [2.05, 4.69) is 31.0 Å². The number of rotatable bonds is 3. The molecule has 2 heteroatoms. The molecule has 1 heterocycles. The van der Waals surface area contributed by atoms with Gasteiger partial charge < -0.3 is 5.32 Å². The van der Waals surface area contributed by atoms with E-state index in [0.29, 0.717) is 0 Å². The van der Waals surface area contributed by atoms with E-state index in [1.165, 1.54) is 57.9 Å². The predicted octanol–water partition coefficient (Wildman–Crippen LogP) is 4.97. The van der Waals surface area contributed by atoms with E-state index in [0.717, 1.165) is 23.4 Å². The normalized spacial score (nSPS) is 38.5. The van der Waals surface area contributed by atoms with Gasteiger partial charge in [0.25, 0.3) is 0 Å². The summed E-state index contributed by atoms with van der Waals surface area (Å²) >= 11 is 0. The zero-order chi connectivity index (χ0) is 14.2. The molecule has 0 radical (unpaired) electrons. The van der Waals surface area contributed by atoms with Crippen LogP contribution in [-0.4, -0.2) is 20.7 Å². The molecule has 0 spiro atoms. The summed E-state index contributed by atoms with van der Waals surface area (Å²) in [6.07, 6.45) is 14.4. The van der Waals surface area contributed by atoms with E-state index in [4.69, 9.17) is 0 Å². The summed E-state index contributed by atoms with van der Waals surface area (Å²) in [6.45, 7) is 9.01. The van der Waals surface area contributed by atoms with E-state index in [1.54, 1.807) is 0 Å². The summed E-state index contributed by atoms with van der Waals surface area (Å²) in [4.78, 5) is 0. The van der Waals surface area contributed by atoms with Gasteiger partial charge in [-0.3, -0.25) is 0 Å². The molecule has 1 saturated carbocycles. The third kappa shape index (κ3) is 3.06. The first-order chi connectivity index (χ1) is 9.55. The van der Waals surface area contributed by atoms with Crippen LogP contribution in [0, 0.1) is 11.8 Å². The molecule has 4 unspecified atom stereocenters. The van der Waals surface area contributed by atoms with Crippen LogP contribution >= 0.6 is 0 Å². The van der Waals surface area contributed by atoms with E-state index in [-0.39, 0.29) is 0 Å². The Morgan fingerprint density at radius 2 is 1.80 bits per heavy atom. The molecule has 1 nitrogen and oxygen atoms in total. The Bertz CT molecular complexity index is 362. The lowest BCUT2D eigenvalue weighted by Crippen LogP contribution is -2.35. The molecule has 1 saturated heterocycles. The first kappa shape index (κ1) is 14.8. The van der Waals surface area contributed by atoms with Gasteiger partial charge in [-0.05, 0) is 56.0 Å². The molecule has 2 fully saturated rings. The van der Waals surface area contributed by atoms with Crippen LogP contribution in [0.25, 0.3) is 0 Å². The molecule has 4 atom stereocenters.